The van der Waals surface area contributed by atoms with Crippen molar-refractivity contribution in [2.45, 2.75) is 39.0 Å². The second-order valence-corrected chi connectivity index (χ2v) is 5.81. The van der Waals surface area contributed by atoms with Gasteiger partial charge in [-0.25, -0.2) is 0 Å². The van der Waals surface area contributed by atoms with Crippen LogP contribution in [0.5, 0.6) is 0 Å². The van der Waals surface area contributed by atoms with Gasteiger partial charge in [-0.3, -0.25) is 4.79 Å². The number of aromatic nitrogens is 2. The number of hydrogen-bond donors (Lipinski definition) is 2. The monoisotopic (exact) mass is 255 g/mol. The van der Waals surface area contributed by atoms with Crippen molar-refractivity contribution in [3.8, 4) is 0 Å². The molecule has 1 aromatic rings. The Kier molecular flexibility index (Phi) is 3.61. The van der Waals surface area contributed by atoms with Gasteiger partial charge in [0.25, 0.3) is 0 Å². The minimum Gasteiger partial charge on any atom is -0.481 e. The van der Waals surface area contributed by atoms with Crippen LogP contribution in [-0.2, 0) is 4.79 Å². The lowest BCUT2D eigenvalue weighted by molar-refractivity contribution is -0.150. The van der Waals surface area contributed by atoms with Crippen LogP contribution in [0.15, 0.2) is 0 Å². The van der Waals surface area contributed by atoms with Crippen molar-refractivity contribution in [2.24, 2.45) is 5.41 Å². The Morgan fingerprint density at radius 3 is 2.65 bits per heavy atom. The normalized spacial score (nSPS) is 18.9. The van der Waals surface area contributed by atoms with E-state index in [2.05, 4.69) is 15.5 Å². The van der Waals surface area contributed by atoms with Crippen molar-refractivity contribution in [3.05, 3.63) is 5.01 Å². The summed E-state index contributed by atoms with van der Waals surface area (Å²) in [7, 11) is 0. The topological polar surface area (TPSA) is 75.1 Å². The van der Waals surface area contributed by atoms with Crippen LogP contribution in [0.3, 0.4) is 0 Å². The molecule has 1 heterocycles. The summed E-state index contributed by atoms with van der Waals surface area (Å²) in [4.78, 5) is 11.4. The van der Waals surface area contributed by atoms with E-state index in [0.29, 0.717) is 11.7 Å². The molecule has 0 unspecified atom stereocenters. The maximum Gasteiger partial charge on any atom is 0.311 e. The lowest BCUT2D eigenvalue weighted by atomic mass is 9.74. The number of anilines is 1. The van der Waals surface area contributed by atoms with Gasteiger partial charge in [0.15, 0.2) is 0 Å². The van der Waals surface area contributed by atoms with Crippen molar-refractivity contribution in [1.29, 1.82) is 0 Å². The van der Waals surface area contributed by atoms with Gasteiger partial charge in [0.2, 0.25) is 5.13 Å². The second kappa shape index (κ2) is 5.00. The zero-order valence-electron chi connectivity index (χ0n) is 9.90. The average molecular weight is 255 g/mol. The molecule has 0 aliphatic heterocycles. The smallest absolute Gasteiger partial charge is 0.311 e. The van der Waals surface area contributed by atoms with E-state index in [1.54, 1.807) is 0 Å². The lowest BCUT2D eigenvalue weighted by Crippen LogP contribution is -2.39. The molecule has 0 aromatic carbocycles. The summed E-state index contributed by atoms with van der Waals surface area (Å²) < 4.78 is 0. The molecule has 1 aromatic heterocycles. The second-order valence-electron chi connectivity index (χ2n) is 4.63. The summed E-state index contributed by atoms with van der Waals surface area (Å²) in [6.07, 6.45) is 4.67. The summed E-state index contributed by atoms with van der Waals surface area (Å²) in [5, 5.41) is 22.0. The minimum atomic E-state index is -0.689. The molecule has 0 radical (unpaired) electrons. The number of carboxylic acids is 1. The standard InChI is InChI=1S/C11H17N3O2S/c1-8-13-14-10(17-8)12-7-11(9(15)16)5-3-2-4-6-11/h2-7H2,1H3,(H,12,14)(H,15,16). The van der Waals surface area contributed by atoms with E-state index in [1.807, 2.05) is 6.92 Å². The molecule has 0 amide bonds. The third-order valence-corrected chi connectivity index (χ3v) is 4.16. The van der Waals surface area contributed by atoms with E-state index >= 15 is 0 Å². The van der Waals surface area contributed by atoms with Crippen LogP contribution >= 0.6 is 11.3 Å². The van der Waals surface area contributed by atoms with Gasteiger partial charge < -0.3 is 10.4 Å². The molecule has 2 N–H and O–H groups in total. The van der Waals surface area contributed by atoms with Crippen LogP contribution in [0.4, 0.5) is 5.13 Å². The molecule has 6 heteroatoms. The van der Waals surface area contributed by atoms with Gasteiger partial charge in [0, 0.05) is 6.54 Å². The van der Waals surface area contributed by atoms with Crippen LogP contribution in [0, 0.1) is 12.3 Å². The molecule has 5 nitrogen and oxygen atoms in total. The molecule has 1 aliphatic carbocycles. The molecule has 0 atom stereocenters. The van der Waals surface area contributed by atoms with Gasteiger partial charge in [-0.15, -0.1) is 10.2 Å². The highest BCUT2D eigenvalue weighted by molar-refractivity contribution is 7.15. The first-order chi connectivity index (χ1) is 8.12. The van der Waals surface area contributed by atoms with Gasteiger partial charge in [-0.2, -0.15) is 0 Å². The number of aliphatic carboxylic acids is 1. The average Bonchev–Trinajstić information content (AvgIpc) is 2.74. The summed E-state index contributed by atoms with van der Waals surface area (Å²) in [5.41, 5.74) is -0.613. The van der Waals surface area contributed by atoms with Crippen LogP contribution in [0.25, 0.3) is 0 Å². The molecular weight excluding hydrogens is 238 g/mol. The molecule has 1 saturated carbocycles. The maximum absolute atomic E-state index is 11.4. The number of hydrogen-bond acceptors (Lipinski definition) is 5. The fourth-order valence-electron chi connectivity index (χ4n) is 2.31. The molecule has 1 fully saturated rings. The number of nitrogens with zero attached hydrogens (tertiary/aromatic N) is 2. The molecule has 94 valence electrons. The van der Waals surface area contributed by atoms with Crippen LogP contribution < -0.4 is 5.32 Å². The highest BCUT2D eigenvalue weighted by atomic mass is 32.1. The van der Waals surface area contributed by atoms with E-state index in [9.17, 15) is 9.90 Å². The summed E-state index contributed by atoms with van der Waals surface area (Å²) in [6, 6.07) is 0. The zero-order valence-corrected chi connectivity index (χ0v) is 10.7. The van der Waals surface area contributed by atoms with E-state index in [1.165, 1.54) is 11.3 Å². The molecule has 0 saturated heterocycles. The number of carboxylic acid groups (broad SMARTS) is 1. The van der Waals surface area contributed by atoms with Gasteiger partial charge >= 0.3 is 5.97 Å². The lowest BCUT2D eigenvalue weighted by Gasteiger charge is -2.33. The minimum absolute atomic E-state index is 0.455. The van der Waals surface area contributed by atoms with Crippen molar-refractivity contribution in [3.63, 3.8) is 0 Å². The first-order valence-corrected chi connectivity index (χ1v) is 6.71. The van der Waals surface area contributed by atoms with Gasteiger partial charge in [-0.1, -0.05) is 30.6 Å². The largest absolute Gasteiger partial charge is 0.481 e. The van der Waals surface area contributed by atoms with Crippen molar-refractivity contribution >= 4 is 22.4 Å². The van der Waals surface area contributed by atoms with Gasteiger partial charge in [0.05, 0.1) is 5.41 Å². The Labute approximate surface area is 104 Å². The van der Waals surface area contributed by atoms with Crippen LogP contribution in [-0.4, -0.2) is 27.8 Å². The first-order valence-electron chi connectivity index (χ1n) is 5.90. The molecular formula is C11H17N3O2S. The highest BCUT2D eigenvalue weighted by Gasteiger charge is 2.39. The first kappa shape index (κ1) is 12.3. The Balaban J connectivity index is 2.00. The molecule has 1 aliphatic rings. The number of rotatable bonds is 4. The van der Waals surface area contributed by atoms with Crippen molar-refractivity contribution in [1.82, 2.24) is 10.2 Å². The fraction of sp³-hybridized carbons (Fsp3) is 0.727. The van der Waals surface area contributed by atoms with Gasteiger partial charge in [0.1, 0.15) is 5.01 Å². The van der Waals surface area contributed by atoms with E-state index in [0.717, 1.165) is 37.1 Å². The zero-order chi connectivity index (χ0) is 12.3. The molecule has 2 rings (SSSR count). The summed E-state index contributed by atoms with van der Waals surface area (Å²) >= 11 is 1.46. The quantitative estimate of drug-likeness (QED) is 0.863. The Morgan fingerprint density at radius 1 is 1.41 bits per heavy atom. The SMILES string of the molecule is Cc1nnc(NCC2(C(=O)O)CCCCC2)s1. The number of aryl methyl sites for hydroxylation is 1. The van der Waals surface area contributed by atoms with E-state index in [4.69, 9.17) is 0 Å². The highest BCUT2D eigenvalue weighted by Crippen LogP contribution is 2.36. The van der Waals surface area contributed by atoms with E-state index < -0.39 is 11.4 Å². The third kappa shape index (κ3) is 2.74. The molecule has 17 heavy (non-hydrogen) atoms. The number of nitrogens with one attached hydrogen (secondary N) is 1. The van der Waals surface area contributed by atoms with Crippen LogP contribution in [0.2, 0.25) is 0 Å². The number of carbonyl (C=O) groups is 1. The summed E-state index contributed by atoms with van der Waals surface area (Å²) in [6.45, 7) is 2.34. The predicted octanol–water partition coefficient (Wildman–Crippen LogP) is 2.29. The summed E-state index contributed by atoms with van der Waals surface area (Å²) in [5.74, 6) is -0.689. The predicted molar refractivity (Wildman–Crippen MR) is 66.3 cm³/mol. The van der Waals surface area contributed by atoms with Crippen molar-refractivity contribution in [2.75, 3.05) is 11.9 Å². The Morgan fingerprint density at radius 2 is 2.12 bits per heavy atom. The molecule has 0 spiro atoms. The van der Waals surface area contributed by atoms with Crippen molar-refractivity contribution < 1.29 is 9.90 Å². The van der Waals surface area contributed by atoms with Gasteiger partial charge in [-0.05, 0) is 19.8 Å². The van der Waals surface area contributed by atoms with E-state index in [-0.39, 0.29) is 0 Å². The Hall–Kier alpha value is -1.17. The van der Waals surface area contributed by atoms with Crippen LogP contribution in [0.1, 0.15) is 37.1 Å². The fourth-order valence-corrected chi connectivity index (χ4v) is 2.90. The third-order valence-electron chi connectivity index (χ3n) is 3.37. The maximum atomic E-state index is 11.4. The Bertz CT molecular complexity index is 399. The molecule has 0 bridgehead atoms.